The molecule has 1 rings (SSSR count). The number of alkyl halides is 1. The predicted molar refractivity (Wildman–Crippen MR) is 63.6 cm³/mol. The molecule has 0 amide bonds. The molecule has 0 N–H and O–H groups in total. The number of hydrogen-bond acceptors (Lipinski definition) is 0. The fraction of sp³-hybridized carbons (Fsp3) is 0.273. The van der Waals surface area contributed by atoms with Gasteiger partial charge < -0.3 is 0 Å². The Kier molecular flexibility index (Phi) is 4.54. The molecule has 13 heavy (non-hydrogen) atoms. The standard InChI is InChI=1S/C11H12BrCl/c1-9-6-10(4-2-3-5-12)8-11(13)7-9/h2,4,6-8H,3,5H2,1H3. The maximum absolute atomic E-state index is 5.92. The molecule has 0 aromatic heterocycles. The van der Waals surface area contributed by atoms with Gasteiger partial charge >= 0.3 is 0 Å². The molecular formula is C11H12BrCl. The van der Waals surface area contributed by atoms with E-state index < -0.39 is 0 Å². The first-order valence-electron chi connectivity index (χ1n) is 4.22. The lowest BCUT2D eigenvalue weighted by molar-refractivity contribution is 1.27. The molecule has 0 unspecified atom stereocenters. The quantitative estimate of drug-likeness (QED) is 0.704. The number of aryl methyl sites for hydroxylation is 1. The van der Waals surface area contributed by atoms with Gasteiger partial charge in [-0.05, 0) is 36.6 Å². The van der Waals surface area contributed by atoms with E-state index in [2.05, 4.69) is 34.1 Å². The third-order valence-electron chi connectivity index (χ3n) is 1.65. The van der Waals surface area contributed by atoms with Gasteiger partial charge in [0.2, 0.25) is 0 Å². The second kappa shape index (κ2) is 5.46. The van der Waals surface area contributed by atoms with E-state index in [1.165, 1.54) is 11.1 Å². The van der Waals surface area contributed by atoms with Crippen LogP contribution < -0.4 is 0 Å². The highest BCUT2D eigenvalue weighted by molar-refractivity contribution is 9.09. The molecule has 0 nitrogen and oxygen atoms in total. The van der Waals surface area contributed by atoms with E-state index in [9.17, 15) is 0 Å². The van der Waals surface area contributed by atoms with Gasteiger partial charge in [-0.1, -0.05) is 45.7 Å². The van der Waals surface area contributed by atoms with Crippen LogP contribution in [0.5, 0.6) is 0 Å². The van der Waals surface area contributed by atoms with E-state index in [-0.39, 0.29) is 0 Å². The van der Waals surface area contributed by atoms with Gasteiger partial charge in [0.05, 0.1) is 0 Å². The van der Waals surface area contributed by atoms with E-state index >= 15 is 0 Å². The SMILES string of the molecule is Cc1cc(Cl)cc(C=CCCBr)c1. The van der Waals surface area contributed by atoms with Crippen LogP contribution in [0.3, 0.4) is 0 Å². The zero-order chi connectivity index (χ0) is 9.68. The van der Waals surface area contributed by atoms with Gasteiger partial charge in [0.1, 0.15) is 0 Å². The predicted octanol–water partition coefficient (Wildman–Crippen LogP) is 4.45. The summed E-state index contributed by atoms with van der Waals surface area (Å²) in [6.07, 6.45) is 5.28. The molecule has 1 aromatic carbocycles. The van der Waals surface area contributed by atoms with Gasteiger partial charge in [0.15, 0.2) is 0 Å². The topological polar surface area (TPSA) is 0 Å². The Bertz CT molecular complexity index is 285. The average Bonchev–Trinajstić information content (AvgIpc) is 2.03. The molecule has 0 saturated carbocycles. The van der Waals surface area contributed by atoms with Gasteiger partial charge in [-0.3, -0.25) is 0 Å². The Morgan fingerprint density at radius 3 is 2.77 bits per heavy atom. The Morgan fingerprint density at radius 2 is 2.15 bits per heavy atom. The number of rotatable bonds is 3. The number of hydrogen-bond donors (Lipinski definition) is 0. The maximum atomic E-state index is 5.92. The summed E-state index contributed by atoms with van der Waals surface area (Å²) in [4.78, 5) is 0. The molecule has 0 fully saturated rings. The second-order valence-corrected chi connectivity index (χ2v) is 4.17. The molecule has 0 saturated heterocycles. The molecule has 0 radical (unpaired) electrons. The summed E-state index contributed by atoms with van der Waals surface area (Å²) in [6.45, 7) is 2.05. The molecule has 2 heteroatoms. The van der Waals surface area contributed by atoms with Gasteiger partial charge in [0.25, 0.3) is 0 Å². The zero-order valence-electron chi connectivity index (χ0n) is 7.56. The van der Waals surface area contributed by atoms with Crippen LogP contribution in [0, 0.1) is 6.92 Å². The normalized spacial score (nSPS) is 11.0. The van der Waals surface area contributed by atoms with Crippen molar-refractivity contribution >= 4 is 33.6 Å². The molecular weight excluding hydrogens is 247 g/mol. The molecule has 0 bridgehead atoms. The van der Waals surface area contributed by atoms with Crippen molar-refractivity contribution < 1.29 is 0 Å². The van der Waals surface area contributed by atoms with Crippen LogP contribution in [-0.2, 0) is 0 Å². The van der Waals surface area contributed by atoms with Crippen LogP contribution in [-0.4, -0.2) is 5.33 Å². The van der Waals surface area contributed by atoms with Crippen LogP contribution >= 0.6 is 27.5 Å². The van der Waals surface area contributed by atoms with Crippen molar-refractivity contribution in [2.24, 2.45) is 0 Å². The lowest BCUT2D eigenvalue weighted by Crippen LogP contribution is -1.77. The zero-order valence-corrected chi connectivity index (χ0v) is 9.90. The number of benzene rings is 1. The van der Waals surface area contributed by atoms with Crippen molar-refractivity contribution in [1.82, 2.24) is 0 Å². The highest BCUT2D eigenvalue weighted by Crippen LogP contribution is 2.15. The lowest BCUT2D eigenvalue weighted by atomic mass is 10.1. The Hall–Kier alpha value is -0.270. The first-order valence-corrected chi connectivity index (χ1v) is 5.72. The van der Waals surface area contributed by atoms with Crippen LogP contribution in [0.2, 0.25) is 5.02 Å². The van der Waals surface area contributed by atoms with Crippen LogP contribution in [0.1, 0.15) is 17.5 Å². The highest BCUT2D eigenvalue weighted by atomic mass is 79.9. The molecule has 1 aromatic rings. The first kappa shape index (κ1) is 10.8. The van der Waals surface area contributed by atoms with E-state index in [1.54, 1.807) is 0 Å². The minimum Gasteiger partial charge on any atom is -0.0925 e. The average molecular weight is 260 g/mol. The third kappa shape index (κ3) is 3.97. The lowest BCUT2D eigenvalue weighted by Gasteiger charge is -1.97. The summed E-state index contributed by atoms with van der Waals surface area (Å²) in [7, 11) is 0. The monoisotopic (exact) mass is 258 g/mol. The smallest absolute Gasteiger partial charge is 0.0414 e. The van der Waals surface area contributed by atoms with Crippen molar-refractivity contribution in [3.63, 3.8) is 0 Å². The van der Waals surface area contributed by atoms with Gasteiger partial charge in [-0.15, -0.1) is 0 Å². The number of halogens is 2. The largest absolute Gasteiger partial charge is 0.0925 e. The molecule has 0 heterocycles. The Labute approximate surface area is 92.7 Å². The summed E-state index contributed by atoms with van der Waals surface area (Å²) in [5.74, 6) is 0. The van der Waals surface area contributed by atoms with Crippen molar-refractivity contribution in [3.8, 4) is 0 Å². The minimum absolute atomic E-state index is 0.804. The van der Waals surface area contributed by atoms with Crippen LogP contribution in [0.15, 0.2) is 24.3 Å². The number of allylic oxidation sites excluding steroid dienone is 1. The van der Waals surface area contributed by atoms with E-state index in [0.29, 0.717) is 0 Å². The van der Waals surface area contributed by atoms with E-state index in [1.807, 2.05) is 19.1 Å². The molecule has 70 valence electrons. The second-order valence-electron chi connectivity index (χ2n) is 2.94. The minimum atomic E-state index is 0.804. The first-order chi connectivity index (χ1) is 6.22. The molecule has 0 aliphatic rings. The summed E-state index contributed by atoms with van der Waals surface area (Å²) in [5, 5.41) is 1.81. The van der Waals surface area contributed by atoms with Gasteiger partial charge in [-0.2, -0.15) is 0 Å². The highest BCUT2D eigenvalue weighted by Gasteiger charge is 1.92. The summed E-state index contributed by atoms with van der Waals surface area (Å²) >= 11 is 9.29. The van der Waals surface area contributed by atoms with E-state index in [4.69, 9.17) is 11.6 Å². The third-order valence-corrected chi connectivity index (χ3v) is 2.33. The summed E-state index contributed by atoms with van der Waals surface area (Å²) in [6, 6.07) is 6.05. The van der Waals surface area contributed by atoms with Crippen LogP contribution in [0.4, 0.5) is 0 Å². The molecule has 0 aliphatic carbocycles. The van der Waals surface area contributed by atoms with Crippen molar-refractivity contribution in [2.75, 3.05) is 5.33 Å². The van der Waals surface area contributed by atoms with Crippen molar-refractivity contribution in [2.45, 2.75) is 13.3 Å². The van der Waals surface area contributed by atoms with Crippen molar-refractivity contribution in [1.29, 1.82) is 0 Å². The fourth-order valence-electron chi connectivity index (χ4n) is 1.14. The van der Waals surface area contributed by atoms with Crippen LogP contribution in [0.25, 0.3) is 6.08 Å². The van der Waals surface area contributed by atoms with Crippen molar-refractivity contribution in [3.05, 3.63) is 40.4 Å². The Morgan fingerprint density at radius 1 is 1.38 bits per heavy atom. The molecule has 0 spiro atoms. The Balaban J connectivity index is 2.77. The fourth-order valence-corrected chi connectivity index (χ4v) is 1.71. The molecule has 0 atom stereocenters. The maximum Gasteiger partial charge on any atom is 0.0414 e. The summed E-state index contributed by atoms with van der Waals surface area (Å²) in [5.41, 5.74) is 2.37. The van der Waals surface area contributed by atoms with E-state index in [0.717, 1.165) is 16.8 Å². The molecule has 0 aliphatic heterocycles. The summed E-state index contributed by atoms with van der Waals surface area (Å²) < 4.78 is 0. The van der Waals surface area contributed by atoms with Gasteiger partial charge in [-0.25, -0.2) is 0 Å². The van der Waals surface area contributed by atoms with Gasteiger partial charge in [0, 0.05) is 10.4 Å².